The minimum absolute atomic E-state index is 0.881. The van der Waals surface area contributed by atoms with Gasteiger partial charge in [0.15, 0.2) is 0 Å². The van der Waals surface area contributed by atoms with Crippen molar-refractivity contribution in [3.05, 3.63) is 54.2 Å². The molecule has 6 nitrogen and oxygen atoms in total. The van der Waals surface area contributed by atoms with E-state index in [1.165, 1.54) is 5.56 Å². The van der Waals surface area contributed by atoms with E-state index in [2.05, 4.69) is 80.1 Å². The van der Waals surface area contributed by atoms with Gasteiger partial charge in [0.25, 0.3) is 0 Å². The van der Waals surface area contributed by atoms with Gasteiger partial charge in [0.1, 0.15) is 5.82 Å². The monoisotopic (exact) mass is 392 g/mol. The number of anilines is 2. The van der Waals surface area contributed by atoms with Gasteiger partial charge >= 0.3 is 0 Å². The molecular weight excluding hydrogens is 360 g/mol. The van der Waals surface area contributed by atoms with Gasteiger partial charge in [-0.05, 0) is 18.2 Å². The molecule has 2 fully saturated rings. The normalized spacial score (nSPS) is 19.2. The molecule has 0 aliphatic carbocycles. The van der Waals surface area contributed by atoms with E-state index in [0.717, 1.165) is 77.2 Å². The Kier molecular flexibility index (Phi) is 6.75. The topological polar surface area (TPSA) is 38.7 Å². The Bertz CT molecular complexity index is 777. The number of nitrogens with zero attached hydrogens (tertiary/aromatic N) is 6. The van der Waals surface area contributed by atoms with Crippen molar-refractivity contribution in [2.45, 2.75) is 6.92 Å². The van der Waals surface area contributed by atoms with Crippen LogP contribution in [0.4, 0.5) is 11.8 Å². The van der Waals surface area contributed by atoms with Crippen molar-refractivity contribution in [2.24, 2.45) is 0 Å². The van der Waals surface area contributed by atoms with Crippen molar-refractivity contribution in [3.63, 3.8) is 0 Å². The van der Waals surface area contributed by atoms with Crippen molar-refractivity contribution in [3.8, 4) is 0 Å². The zero-order valence-corrected chi connectivity index (χ0v) is 17.5. The number of likely N-dealkylation sites (N-methyl/N-ethyl adjacent to an activating group) is 1. The molecule has 0 N–H and O–H groups in total. The number of rotatable bonds is 6. The molecule has 2 aliphatic heterocycles. The molecule has 0 atom stereocenters. The highest BCUT2D eigenvalue weighted by Crippen LogP contribution is 2.18. The minimum atomic E-state index is 0.881. The second-order valence-electron chi connectivity index (χ2n) is 7.74. The third kappa shape index (κ3) is 5.34. The summed E-state index contributed by atoms with van der Waals surface area (Å²) in [6, 6.07) is 12.6. The maximum Gasteiger partial charge on any atom is 0.227 e. The molecule has 154 valence electrons. The van der Waals surface area contributed by atoms with Crippen LogP contribution in [0, 0.1) is 0 Å². The van der Waals surface area contributed by atoms with Gasteiger partial charge in [-0.1, -0.05) is 49.4 Å². The fourth-order valence-electron chi connectivity index (χ4n) is 3.99. The van der Waals surface area contributed by atoms with Crippen LogP contribution in [0.3, 0.4) is 0 Å². The van der Waals surface area contributed by atoms with Gasteiger partial charge in [-0.3, -0.25) is 4.90 Å². The summed E-state index contributed by atoms with van der Waals surface area (Å²) in [6.07, 6.45) is 6.39. The smallest absolute Gasteiger partial charge is 0.227 e. The number of hydrogen-bond acceptors (Lipinski definition) is 6. The molecule has 2 saturated heterocycles. The molecule has 2 aliphatic rings. The number of aromatic nitrogens is 2. The van der Waals surface area contributed by atoms with Crippen LogP contribution >= 0.6 is 0 Å². The Labute approximate surface area is 174 Å². The Balaban J connectivity index is 1.28. The lowest BCUT2D eigenvalue weighted by atomic mass is 10.2. The first-order valence-electron chi connectivity index (χ1n) is 10.8. The van der Waals surface area contributed by atoms with Crippen LogP contribution in [0.25, 0.3) is 6.08 Å². The lowest BCUT2D eigenvalue weighted by Gasteiger charge is -2.36. The zero-order valence-electron chi connectivity index (χ0n) is 17.5. The molecule has 2 aromatic rings. The number of benzene rings is 1. The lowest BCUT2D eigenvalue weighted by Crippen LogP contribution is -2.48. The summed E-state index contributed by atoms with van der Waals surface area (Å²) >= 11 is 0. The molecular formula is C23H32N6. The van der Waals surface area contributed by atoms with Crippen LogP contribution in [-0.2, 0) is 0 Å². The van der Waals surface area contributed by atoms with E-state index < -0.39 is 0 Å². The van der Waals surface area contributed by atoms with Crippen molar-refractivity contribution in [1.82, 2.24) is 19.8 Å². The average Bonchev–Trinajstić information content (AvgIpc) is 2.80. The predicted octanol–water partition coefficient (Wildman–Crippen LogP) is 2.45. The van der Waals surface area contributed by atoms with Crippen LogP contribution < -0.4 is 9.80 Å². The highest BCUT2D eigenvalue weighted by molar-refractivity contribution is 5.49. The largest absolute Gasteiger partial charge is 0.354 e. The van der Waals surface area contributed by atoms with Gasteiger partial charge in [-0.25, -0.2) is 4.98 Å². The second-order valence-corrected chi connectivity index (χ2v) is 7.74. The minimum Gasteiger partial charge on any atom is -0.354 e. The summed E-state index contributed by atoms with van der Waals surface area (Å²) in [4.78, 5) is 19.1. The first-order valence-corrected chi connectivity index (χ1v) is 10.8. The van der Waals surface area contributed by atoms with Crippen LogP contribution in [0.2, 0.25) is 0 Å². The molecule has 0 radical (unpaired) electrons. The SMILES string of the molecule is CCN1CCN(c2nccc(N3CCN(C/C=C/c4ccccc4)CC3)n2)CC1. The Morgan fingerprint density at radius 1 is 0.828 bits per heavy atom. The van der Waals surface area contributed by atoms with Gasteiger partial charge in [0, 0.05) is 65.1 Å². The molecule has 1 aromatic heterocycles. The average molecular weight is 393 g/mol. The van der Waals surface area contributed by atoms with Crippen LogP contribution in [0.1, 0.15) is 12.5 Å². The fraction of sp³-hybridized carbons (Fsp3) is 0.478. The quantitative estimate of drug-likeness (QED) is 0.752. The van der Waals surface area contributed by atoms with Gasteiger partial charge in [-0.15, -0.1) is 0 Å². The molecule has 1 aromatic carbocycles. The van der Waals surface area contributed by atoms with Gasteiger partial charge in [-0.2, -0.15) is 4.98 Å². The highest BCUT2D eigenvalue weighted by atomic mass is 15.3. The zero-order chi connectivity index (χ0) is 19.9. The Hall–Kier alpha value is -2.44. The number of piperazine rings is 2. The van der Waals surface area contributed by atoms with Crippen LogP contribution in [-0.4, -0.2) is 85.2 Å². The van der Waals surface area contributed by atoms with E-state index in [9.17, 15) is 0 Å². The standard InChI is InChI=1S/C23H32N6/c1-2-26-13-19-29(20-14-26)23-24-11-10-22(25-23)28-17-15-27(16-18-28)12-6-9-21-7-4-3-5-8-21/h3-11H,2,12-20H2,1H3/b9-6+. The van der Waals surface area contributed by atoms with E-state index in [4.69, 9.17) is 4.98 Å². The molecule has 0 saturated carbocycles. The summed E-state index contributed by atoms with van der Waals surface area (Å²) in [6.45, 7) is 12.7. The summed E-state index contributed by atoms with van der Waals surface area (Å²) in [5.41, 5.74) is 1.26. The van der Waals surface area contributed by atoms with Crippen molar-refractivity contribution in [1.29, 1.82) is 0 Å². The molecule has 0 spiro atoms. The van der Waals surface area contributed by atoms with Gasteiger partial charge in [0.2, 0.25) is 5.95 Å². The van der Waals surface area contributed by atoms with E-state index in [-0.39, 0.29) is 0 Å². The summed E-state index contributed by atoms with van der Waals surface area (Å²) in [5.74, 6) is 1.94. The molecule has 6 heteroatoms. The molecule has 3 heterocycles. The van der Waals surface area contributed by atoms with Crippen molar-refractivity contribution in [2.75, 3.05) is 75.2 Å². The maximum absolute atomic E-state index is 4.89. The Morgan fingerprint density at radius 3 is 2.24 bits per heavy atom. The molecule has 29 heavy (non-hydrogen) atoms. The maximum atomic E-state index is 4.89. The summed E-state index contributed by atoms with van der Waals surface area (Å²) < 4.78 is 0. The highest BCUT2D eigenvalue weighted by Gasteiger charge is 2.21. The van der Waals surface area contributed by atoms with E-state index in [0.29, 0.717) is 0 Å². The third-order valence-corrected chi connectivity index (χ3v) is 5.90. The molecule has 4 rings (SSSR count). The third-order valence-electron chi connectivity index (χ3n) is 5.90. The van der Waals surface area contributed by atoms with E-state index in [1.807, 2.05) is 6.20 Å². The molecule has 0 bridgehead atoms. The molecule has 0 unspecified atom stereocenters. The van der Waals surface area contributed by atoms with Crippen LogP contribution in [0.15, 0.2) is 48.7 Å². The number of hydrogen-bond donors (Lipinski definition) is 0. The first kappa shape index (κ1) is 19.9. The van der Waals surface area contributed by atoms with Gasteiger partial charge in [0.05, 0.1) is 0 Å². The molecule has 0 amide bonds. The van der Waals surface area contributed by atoms with Crippen LogP contribution in [0.5, 0.6) is 0 Å². The second kappa shape index (κ2) is 9.85. The van der Waals surface area contributed by atoms with Crippen molar-refractivity contribution >= 4 is 17.8 Å². The fourth-order valence-corrected chi connectivity index (χ4v) is 3.99. The van der Waals surface area contributed by atoms with Crippen molar-refractivity contribution < 1.29 is 0 Å². The van der Waals surface area contributed by atoms with Gasteiger partial charge < -0.3 is 14.7 Å². The summed E-state index contributed by atoms with van der Waals surface area (Å²) in [5, 5.41) is 0. The first-order chi connectivity index (χ1) is 14.3. The predicted molar refractivity (Wildman–Crippen MR) is 120 cm³/mol. The van der Waals surface area contributed by atoms with E-state index >= 15 is 0 Å². The lowest BCUT2D eigenvalue weighted by molar-refractivity contribution is 0.269. The Morgan fingerprint density at radius 2 is 1.52 bits per heavy atom. The van der Waals surface area contributed by atoms with E-state index in [1.54, 1.807) is 0 Å². The summed E-state index contributed by atoms with van der Waals surface area (Å²) in [7, 11) is 0.